The molecular formula is C27H30N4O3. The van der Waals surface area contributed by atoms with E-state index in [4.69, 9.17) is 9.47 Å². The van der Waals surface area contributed by atoms with Gasteiger partial charge in [-0.3, -0.25) is 4.79 Å². The number of fused-ring (bicyclic) bond motifs is 1. The molecule has 5 rings (SSSR count). The van der Waals surface area contributed by atoms with E-state index in [1.165, 1.54) is 0 Å². The fourth-order valence-electron chi connectivity index (χ4n) is 4.62. The number of benzene rings is 2. The standard InChI is InChI=1S/C27H30N4O3/c1-19-23(13-14-29(19)2)27(32)30(18-20-8-4-5-9-25(20)33-3)22-11-12-24-21(16-22)17-28-31(24)26-10-6-7-15-34-26/h4-5,8-9,11-14,16-17,26H,6-7,10,15,18H2,1-3H3. The van der Waals surface area contributed by atoms with Crippen molar-refractivity contribution >= 4 is 22.5 Å². The Morgan fingerprint density at radius 3 is 2.79 bits per heavy atom. The summed E-state index contributed by atoms with van der Waals surface area (Å²) in [7, 11) is 3.60. The van der Waals surface area contributed by atoms with Crippen LogP contribution in [-0.2, 0) is 18.3 Å². The van der Waals surface area contributed by atoms with Crippen LogP contribution in [0.2, 0.25) is 0 Å². The maximum Gasteiger partial charge on any atom is 0.260 e. The zero-order valence-corrected chi connectivity index (χ0v) is 19.9. The normalized spacial score (nSPS) is 16.0. The van der Waals surface area contributed by atoms with Gasteiger partial charge in [0.25, 0.3) is 5.91 Å². The van der Waals surface area contributed by atoms with E-state index in [9.17, 15) is 4.79 Å². The molecule has 0 saturated carbocycles. The lowest BCUT2D eigenvalue weighted by Crippen LogP contribution is -2.31. The van der Waals surface area contributed by atoms with Gasteiger partial charge in [-0.15, -0.1) is 0 Å². The van der Waals surface area contributed by atoms with Gasteiger partial charge in [0, 0.05) is 42.2 Å². The molecule has 1 fully saturated rings. The van der Waals surface area contributed by atoms with Crippen molar-refractivity contribution in [1.29, 1.82) is 0 Å². The van der Waals surface area contributed by atoms with Gasteiger partial charge in [0.1, 0.15) is 5.75 Å². The predicted octanol–water partition coefficient (Wildman–Crippen LogP) is 5.24. The van der Waals surface area contributed by atoms with Crippen LogP contribution in [0.25, 0.3) is 10.9 Å². The highest BCUT2D eigenvalue weighted by atomic mass is 16.5. The molecule has 1 amide bonds. The minimum absolute atomic E-state index is 0.0321. The third-order valence-electron chi connectivity index (χ3n) is 6.70. The molecule has 1 aliphatic rings. The van der Waals surface area contributed by atoms with Crippen LogP contribution in [0.3, 0.4) is 0 Å². The van der Waals surface area contributed by atoms with E-state index in [-0.39, 0.29) is 12.1 Å². The van der Waals surface area contributed by atoms with Crippen molar-refractivity contribution in [2.24, 2.45) is 7.05 Å². The maximum absolute atomic E-state index is 13.8. The Bertz CT molecular complexity index is 1320. The van der Waals surface area contributed by atoms with Crippen LogP contribution in [0, 0.1) is 6.92 Å². The topological polar surface area (TPSA) is 61.5 Å². The molecule has 4 aromatic rings. The van der Waals surface area contributed by atoms with Crippen molar-refractivity contribution in [3.8, 4) is 5.75 Å². The molecule has 0 N–H and O–H groups in total. The molecule has 2 aromatic carbocycles. The Balaban J connectivity index is 1.55. The van der Waals surface area contributed by atoms with E-state index in [1.807, 2.05) is 89.0 Å². The first-order chi connectivity index (χ1) is 16.6. The van der Waals surface area contributed by atoms with Crippen LogP contribution in [0.1, 0.15) is 47.1 Å². The van der Waals surface area contributed by atoms with Crippen LogP contribution in [-0.4, -0.2) is 34.0 Å². The van der Waals surface area contributed by atoms with Crippen LogP contribution in [0.15, 0.2) is 60.9 Å². The van der Waals surface area contributed by atoms with Crippen molar-refractivity contribution in [3.05, 3.63) is 77.7 Å². The molecule has 0 aliphatic carbocycles. The smallest absolute Gasteiger partial charge is 0.260 e. The second-order valence-electron chi connectivity index (χ2n) is 8.78. The van der Waals surface area contributed by atoms with E-state index in [0.29, 0.717) is 12.1 Å². The lowest BCUT2D eigenvalue weighted by Gasteiger charge is -2.25. The van der Waals surface area contributed by atoms with Crippen molar-refractivity contribution in [3.63, 3.8) is 0 Å². The summed E-state index contributed by atoms with van der Waals surface area (Å²) >= 11 is 0. The highest BCUT2D eigenvalue weighted by Gasteiger charge is 2.24. The molecule has 1 saturated heterocycles. The summed E-state index contributed by atoms with van der Waals surface area (Å²) < 4.78 is 15.4. The van der Waals surface area contributed by atoms with Gasteiger partial charge >= 0.3 is 0 Å². The van der Waals surface area contributed by atoms with Gasteiger partial charge in [-0.25, -0.2) is 4.68 Å². The summed E-state index contributed by atoms with van der Waals surface area (Å²) in [6.45, 7) is 3.12. The molecule has 3 heterocycles. The van der Waals surface area contributed by atoms with Crippen LogP contribution in [0.5, 0.6) is 5.75 Å². The summed E-state index contributed by atoms with van der Waals surface area (Å²) in [6.07, 6.45) is 6.94. The number of ether oxygens (including phenoxy) is 2. The van der Waals surface area contributed by atoms with E-state index in [1.54, 1.807) is 7.11 Å². The van der Waals surface area contributed by atoms with Crippen LogP contribution in [0.4, 0.5) is 5.69 Å². The molecule has 0 radical (unpaired) electrons. The van der Waals surface area contributed by atoms with Crippen molar-refractivity contribution in [2.75, 3.05) is 18.6 Å². The Morgan fingerprint density at radius 2 is 2.06 bits per heavy atom. The lowest BCUT2D eigenvalue weighted by molar-refractivity contribution is -0.0366. The van der Waals surface area contributed by atoms with Crippen molar-refractivity contribution in [1.82, 2.24) is 14.3 Å². The second kappa shape index (κ2) is 9.35. The SMILES string of the molecule is COc1ccccc1CN(C(=O)c1ccn(C)c1C)c1ccc2c(cnn2C2CCCCO2)c1. The Kier molecular flexibility index (Phi) is 6.11. The van der Waals surface area contributed by atoms with Crippen LogP contribution >= 0.6 is 0 Å². The molecule has 1 unspecified atom stereocenters. The maximum atomic E-state index is 13.8. The third kappa shape index (κ3) is 4.07. The summed E-state index contributed by atoms with van der Waals surface area (Å²) in [4.78, 5) is 15.6. The number of nitrogens with zero attached hydrogens (tertiary/aromatic N) is 4. The van der Waals surface area contributed by atoms with Gasteiger partial charge in [-0.05, 0) is 56.5 Å². The van der Waals surface area contributed by atoms with E-state index >= 15 is 0 Å². The van der Waals surface area contributed by atoms with Gasteiger partial charge in [-0.2, -0.15) is 5.10 Å². The monoisotopic (exact) mass is 458 g/mol. The molecule has 1 atom stereocenters. The number of anilines is 1. The minimum Gasteiger partial charge on any atom is -0.496 e. The fraction of sp³-hybridized carbons (Fsp3) is 0.333. The molecule has 1 aliphatic heterocycles. The molecule has 34 heavy (non-hydrogen) atoms. The number of aryl methyl sites for hydroxylation is 1. The van der Waals surface area contributed by atoms with Crippen molar-refractivity contribution < 1.29 is 14.3 Å². The largest absolute Gasteiger partial charge is 0.496 e. The summed E-state index contributed by atoms with van der Waals surface area (Å²) in [5.41, 5.74) is 4.38. The number of aromatic nitrogens is 3. The average Bonchev–Trinajstić information content (AvgIpc) is 3.45. The third-order valence-corrected chi connectivity index (χ3v) is 6.70. The predicted molar refractivity (Wildman–Crippen MR) is 132 cm³/mol. The van der Waals surface area contributed by atoms with Gasteiger partial charge in [-0.1, -0.05) is 18.2 Å². The number of para-hydroxylation sites is 1. The number of carbonyl (C=O) groups is 1. The second-order valence-corrected chi connectivity index (χ2v) is 8.78. The van der Waals surface area contributed by atoms with Gasteiger partial charge in [0.15, 0.2) is 6.23 Å². The zero-order chi connectivity index (χ0) is 23.7. The quantitative estimate of drug-likeness (QED) is 0.397. The number of hydrogen-bond donors (Lipinski definition) is 0. The molecule has 7 nitrogen and oxygen atoms in total. The molecule has 0 bridgehead atoms. The summed E-state index contributed by atoms with van der Waals surface area (Å²) in [5.74, 6) is 0.708. The highest BCUT2D eigenvalue weighted by Crippen LogP contribution is 2.31. The molecule has 0 spiro atoms. The van der Waals surface area contributed by atoms with Gasteiger partial charge < -0.3 is 18.9 Å². The Hall–Kier alpha value is -3.58. The minimum atomic E-state index is -0.0497. The highest BCUT2D eigenvalue weighted by molar-refractivity contribution is 6.07. The molecule has 7 heteroatoms. The van der Waals surface area contributed by atoms with Crippen LogP contribution < -0.4 is 9.64 Å². The number of rotatable bonds is 6. The number of hydrogen-bond acceptors (Lipinski definition) is 4. The zero-order valence-electron chi connectivity index (χ0n) is 19.9. The van der Waals surface area contributed by atoms with E-state index < -0.39 is 0 Å². The first kappa shape index (κ1) is 22.2. The van der Waals surface area contributed by atoms with Gasteiger partial charge in [0.2, 0.25) is 0 Å². The van der Waals surface area contributed by atoms with Gasteiger partial charge in [0.05, 0.1) is 30.9 Å². The summed E-state index contributed by atoms with van der Waals surface area (Å²) in [5, 5.41) is 5.60. The Labute approximate surface area is 199 Å². The number of amides is 1. The van der Waals surface area contributed by atoms with Crippen molar-refractivity contribution in [2.45, 2.75) is 39.0 Å². The Morgan fingerprint density at radius 1 is 1.21 bits per heavy atom. The van der Waals surface area contributed by atoms with E-state index in [2.05, 4.69) is 5.10 Å². The first-order valence-corrected chi connectivity index (χ1v) is 11.7. The molecule has 2 aromatic heterocycles. The molecular weight excluding hydrogens is 428 g/mol. The number of carbonyl (C=O) groups excluding carboxylic acids is 1. The molecule has 176 valence electrons. The first-order valence-electron chi connectivity index (χ1n) is 11.7. The van der Waals surface area contributed by atoms with E-state index in [0.717, 1.165) is 59.5 Å². The lowest BCUT2D eigenvalue weighted by atomic mass is 10.1. The average molecular weight is 459 g/mol. The number of methoxy groups -OCH3 is 1. The summed E-state index contributed by atoms with van der Waals surface area (Å²) in [6, 6.07) is 15.8. The fourth-order valence-corrected chi connectivity index (χ4v) is 4.62.